The number of nitrogens with zero attached hydrogens (tertiary/aromatic N) is 1. The Morgan fingerprint density at radius 1 is 1.06 bits per heavy atom. The quantitative estimate of drug-likeness (QED) is 0.624. The number of carbonyl (C=O) groups is 3. The first-order chi connectivity index (χ1) is 16.1. The smallest absolute Gasteiger partial charge is 0.407 e. The average Bonchev–Trinajstić information content (AvgIpc) is 3.33. The van der Waals surface area contributed by atoms with Gasteiger partial charge in [-0.1, -0.05) is 69.3 Å². The van der Waals surface area contributed by atoms with Gasteiger partial charge >= 0.3 is 12.1 Å². The van der Waals surface area contributed by atoms with Crippen molar-refractivity contribution in [3.63, 3.8) is 0 Å². The summed E-state index contributed by atoms with van der Waals surface area (Å²) in [6.45, 7) is 5.35. The molecule has 1 unspecified atom stereocenters. The molecule has 0 radical (unpaired) electrons. The van der Waals surface area contributed by atoms with E-state index >= 15 is 0 Å². The van der Waals surface area contributed by atoms with E-state index in [1.54, 1.807) is 20.8 Å². The number of nitrogens with one attached hydrogen (secondary N) is 1. The van der Waals surface area contributed by atoms with E-state index < -0.39 is 41.6 Å². The number of ether oxygens (including phenoxy) is 1. The molecule has 8 nitrogen and oxygen atoms in total. The van der Waals surface area contributed by atoms with Gasteiger partial charge in [-0.05, 0) is 27.7 Å². The van der Waals surface area contributed by atoms with Crippen molar-refractivity contribution in [2.75, 3.05) is 13.2 Å². The van der Waals surface area contributed by atoms with Crippen molar-refractivity contribution in [2.45, 2.75) is 51.3 Å². The summed E-state index contributed by atoms with van der Waals surface area (Å²) in [5.41, 5.74) is 3.68. The molecule has 0 aromatic heterocycles. The molecule has 2 aromatic rings. The van der Waals surface area contributed by atoms with Crippen LogP contribution >= 0.6 is 0 Å². The highest BCUT2D eigenvalue weighted by atomic mass is 16.5. The number of amides is 2. The van der Waals surface area contributed by atoms with Gasteiger partial charge in [-0.3, -0.25) is 4.79 Å². The Kier molecular flexibility index (Phi) is 6.36. The minimum Gasteiger partial charge on any atom is -0.480 e. The number of hydrogen-bond acceptors (Lipinski definition) is 5. The second-order valence-corrected chi connectivity index (χ2v) is 10.0. The summed E-state index contributed by atoms with van der Waals surface area (Å²) < 4.78 is 5.59. The molecule has 0 spiro atoms. The number of carboxylic acid groups (broad SMARTS) is 1. The van der Waals surface area contributed by atoms with Gasteiger partial charge in [-0.15, -0.1) is 0 Å². The minimum atomic E-state index is -1.18. The van der Waals surface area contributed by atoms with Crippen LogP contribution in [0.3, 0.4) is 0 Å². The number of hydrogen-bond donors (Lipinski definition) is 3. The van der Waals surface area contributed by atoms with Crippen LogP contribution in [0.5, 0.6) is 0 Å². The number of carbonyl (C=O) groups excluding carboxylic acids is 2. The van der Waals surface area contributed by atoms with Crippen molar-refractivity contribution in [1.82, 2.24) is 10.2 Å². The zero-order valence-corrected chi connectivity index (χ0v) is 19.5. The fourth-order valence-electron chi connectivity index (χ4n) is 4.86. The van der Waals surface area contributed by atoms with Crippen molar-refractivity contribution in [2.24, 2.45) is 5.41 Å². The molecule has 34 heavy (non-hydrogen) atoms. The first kappa shape index (κ1) is 23.8. The zero-order chi connectivity index (χ0) is 24.6. The number of benzene rings is 2. The molecule has 0 bridgehead atoms. The lowest BCUT2D eigenvalue weighted by atomic mass is 9.85. The summed E-state index contributed by atoms with van der Waals surface area (Å²) in [5, 5.41) is 22.0. The summed E-state index contributed by atoms with van der Waals surface area (Å²) >= 11 is 0. The first-order valence-corrected chi connectivity index (χ1v) is 11.4. The van der Waals surface area contributed by atoms with Crippen molar-refractivity contribution in [1.29, 1.82) is 0 Å². The molecule has 8 heteroatoms. The van der Waals surface area contributed by atoms with E-state index in [9.17, 15) is 24.6 Å². The average molecular weight is 467 g/mol. The van der Waals surface area contributed by atoms with Gasteiger partial charge in [0, 0.05) is 18.9 Å². The van der Waals surface area contributed by atoms with Crippen LogP contribution in [0.15, 0.2) is 48.5 Å². The predicted octanol–water partition coefficient (Wildman–Crippen LogP) is 2.99. The summed E-state index contributed by atoms with van der Waals surface area (Å²) in [7, 11) is 0. The molecule has 2 aliphatic rings. The normalized spacial score (nSPS) is 20.4. The van der Waals surface area contributed by atoms with Crippen molar-refractivity contribution >= 4 is 18.0 Å². The van der Waals surface area contributed by atoms with Crippen LogP contribution in [-0.2, 0) is 14.3 Å². The van der Waals surface area contributed by atoms with E-state index in [1.807, 2.05) is 48.5 Å². The van der Waals surface area contributed by atoms with E-state index in [1.165, 1.54) is 0 Å². The minimum absolute atomic E-state index is 0.0388. The van der Waals surface area contributed by atoms with Gasteiger partial charge in [0.05, 0.1) is 6.10 Å². The standard InChI is InChI=1S/C26H30N2O6/c1-26(2,3)22(23(30)28-13-15(29)12-21(28)24(31)32)27-25(33)34-14-20-18-10-6-4-8-16(18)17-9-5-7-11-19(17)20/h4-11,15,20-22,29H,12-14H2,1-3H3,(H,27,33)(H,31,32)/t15-,21-,22?/m0/s1. The number of aliphatic hydroxyl groups excluding tert-OH is 1. The highest BCUT2D eigenvalue weighted by molar-refractivity contribution is 5.90. The van der Waals surface area contributed by atoms with Gasteiger partial charge in [0.2, 0.25) is 5.91 Å². The molecular weight excluding hydrogens is 436 g/mol. The molecule has 1 heterocycles. The Hall–Kier alpha value is -3.39. The van der Waals surface area contributed by atoms with Crippen LogP contribution < -0.4 is 5.32 Å². The SMILES string of the molecule is CC(C)(C)C(NC(=O)OCC1c2ccccc2-c2ccccc21)C(=O)N1C[C@@H](O)C[C@H]1C(=O)O. The maximum Gasteiger partial charge on any atom is 0.407 e. The molecule has 1 saturated heterocycles. The van der Waals surface area contributed by atoms with Crippen molar-refractivity contribution in [3.8, 4) is 11.1 Å². The molecule has 2 amide bonds. The van der Waals surface area contributed by atoms with Crippen LogP contribution in [-0.4, -0.2) is 64.4 Å². The number of rotatable bonds is 5. The number of aliphatic hydroxyl groups is 1. The Balaban J connectivity index is 1.48. The highest BCUT2D eigenvalue weighted by Crippen LogP contribution is 2.44. The number of likely N-dealkylation sites (tertiary alicyclic amines) is 1. The lowest BCUT2D eigenvalue weighted by molar-refractivity contribution is -0.150. The molecule has 0 saturated carbocycles. The maximum atomic E-state index is 13.3. The number of alkyl carbamates (subject to hydrolysis) is 1. The van der Waals surface area contributed by atoms with Crippen LogP contribution in [0.4, 0.5) is 4.79 Å². The van der Waals surface area contributed by atoms with Crippen molar-refractivity contribution < 1.29 is 29.3 Å². The van der Waals surface area contributed by atoms with Gasteiger partial charge in [0.1, 0.15) is 18.7 Å². The van der Waals surface area contributed by atoms with Gasteiger partial charge < -0.3 is 25.2 Å². The lowest BCUT2D eigenvalue weighted by Gasteiger charge is -2.34. The van der Waals surface area contributed by atoms with E-state index in [0.29, 0.717) is 0 Å². The summed E-state index contributed by atoms with van der Waals surface area (Å²) in [5.74, 6) is -1.85. The van der Waals surface area contributed by atoms with Crippen LogP contribution in [0.25, 0.3) is 11.1 Å². The Morgan fingerprint density at radius 3 is 2.15 bits per heavy atom. The third-order valence-electron chi connectivity index (χ3n) is 6.57. The monoisotopic (exact) mass is 466 g/mol. The van der Waals surface area contributed by atoms with Gasteiger partial charge in [-0.25, -0.2) is 9.59 Å². The Morgan fingerprint density at radius 2 is 1.62 bits per heavy atom. The molecule has 180 valence electrons. The predicted molar refractivity (Wildman–Crippen MR) is 125 cm³/mol. The van der Waals surface area contributed by atoms with Crippen LogP contribution in [0.1, 0.15) is 44.2 Å². The molecule has 1 fully saturated rings. The molecular formula is C26H30N2O6. The number of fused-ring (bicyclic) bond motifs is 3. The number of carboxylic acids is 1. The zero-order valence-electron chi connectivity index (χ0n) is 19.5. The fraction of sp³-hybridized carbons (Fsp3) is 0.423. The van der Waals surface area contributed by atoms with E-state index in [4.69, 9.17) is 4.74 Å². The molecule has 2 aromatic carbocycles. The first-order valence-electron chi connectivity index (χ1n) is 11.4. The van der Waals surface area contributed by atoms with Crippen LogP contribution in [0, 0.1) is 5.41 Å². The van der Waals surface area contributed by atoms with Gasteiger partial charge in [0.15, 0.2) is 0 Å². The second kappa shape index (κ2) is 9.10. The van der Waals surface area contributed by atoms with Crippen molar-refractivity contribution in [3.05, 3.63) is 59.7 Å². The third-order valence-corrected chi connectivity index (χ3v) is 6.57. The van der Waals surface area contributed by atoms with Crippen LogP contribution in [0.2, 0.25) is 0 Å². The molecule has 3 atom stereocenters. The summed E-state index contributed by atoms with van der Waals surface area (Å²) in [6.07, 6.45) is -1.70. The lowest BCUT2D eigenvalue weighted by Crippen LogP contribution is -2.57. The summed E-state index contributed by atoms with van der Waals surface area (Å²) in [4.78, 5) is 38.8. The second-order valence-electron chi connectivity index (χ2n) is 10.0. The largest absolute Gasteiger partial charge is 0.480 e. The summed E-state index contributed by atoms with van der Waals surface area (Å²) in [6, 6.07) is 13.9. The topological polar surface area (TPSA) is 116 Å². The van der Waals surface area contributed by atoms with Gasteiger partial charge in [-0.2, -0.15) is 0 Å². The number of aliphatic carboxylic acids is 1. The molecule has 1 aliphatic heterocycles. The molecule has 4 rings (SSSR count). The maximum absolute atomic E-state index is 13.3. The highest BCUT2D eigenvalue weighted by Gasteiger charge is 2.44. The number of β-amino-alcohol motifs (C(OH)–C–C–N with tert-alkyl or cyclic N) is 1. The van der Waals surface area contributed by atoms with E-state index in [-0.39, 0.29) is 25.5 Å². The fourth-order valence-corrected chi connectivity index (χ4v) is 4.86. The Labute approximate surface area is 198 Å². The van der Waals surface area contributed by atoms with Gasteiger partial charge in [0.25, 0.3) is 0 Å². The van der Waals surface area contributed by atoms with E-state index in [0.717, 1.165) is 27.2 Å². The third kappa shape index (κ3) is 4.50. The van der Waals surface area contributed by atoms with E-state index in [2.05, 4.69) is 5.32 Å². The Bertz CT molecular complexity index is 1060. The molecule has 3 N–H and O–H groups in total. The molecule has 1 aliphatic carbocycles.